The molecule has 1 aliphatic rings. The monoisotopic (exact) mass is 315 g/mol. The standard InChI is InChI=1S/C13H25N5O2S/c1-12-15-11-13(16-12)21(19,20)18-8-4-7-17(9-10-18)6-3-2-5-14/h11H,2-10,14H2,1H3,(H,15,16). The van der Waals surface area contributed by atoms with E-state index in [4.69, 9.17) is 5.73 Å². The summed E-state index contributed by atoms with van der Waals surface area (Å²) in [5.41, 5.74) is 5.51. The summed E-state index contributed by atoms with van der Waals surface area (Å²) in [5, 5.41) is 0.191. The van der Waals surface area contributed by atoms with Gasteiger partial charge in [0.15, 0.2) is 5.03 Å². The molecule has 3 N–H and O–H groups in total. The summed E-state index contributed by atoms with van der Waals surface area (Å²) in [4.78, 5) is 9.12. The van der Waals surface area contributed by atoms with Crippen LogP contribution in [-0.4, -0.2) is 66.9 Å². The van der Waals surface area contributed by atoms with Gasteiger partial charge in [0, 0.05) is 19.6 Å². The second-order valence-electron chi connectivity index (χ2n) is 5.43. The Labute approximate surface area is 126 Å². The Morgan fingerprint density at radius 3 is 2.76 bits per heavy atom. The molecule has 1 saturated heterocycles. The molecule has 0 spiro atoms. The lowest BCUT2D eigenvalue weighted by Gasteiger charge is -2.21. The van der Waals surface area contributed by atoms with E-state index < -0.39 is 10.0 Å². The lowest BCUT2D eigenvalue weighted by Crippen LogP contribution is -2.35. The zero-order valence-electron chi connectivity index (χ0n) is 12.6. The van der Waals surface area contributed by atoms with Crippen molar-refractivity contribution in [2.75, 3.05) is 39.3 Å². The van der Waals surface area contributed by atoms with Crippen LogP contribution in [-0.2, 0) is 10.0 Å². The first kappa shape index (κ1) is 16.4. The molecule has 2 rings (SSSR count). The maximum atomic E-state index is 12.5. The van der Waals surface area contributed by atoms with Crippen LogP contribution in [0.4, 0.5) is 0 Å². The first-order chi connectivity index (χ1) is 10.0. The largest absolute Gasteiger partial charge is 0.332 e. The summed E-state index contributed by atoms with van der Waals surface area (Å²) in [7, 11) is -3.44. The minimum absolute atomic E-state index is 0.191. The fraction of sp³-hybridized carbons (Fsp3) is 0.769. The van der Waals surface area contributed by atoms with Crippen LogP contribution in [0.5, 0.6) is 0 Å². The molecule has 7 nitrogen and oxygen atoms in total. The van der Waals surface area contributed by atoms with Crippen molar-refractivity contribution in [2.24, 2.45) is 5.73 Å². The fourth-order valence-electron chi connectivity index (χ4n) is 2.56. The number of hydrogen-bond acceptors (Lipinski definition) is 5. The van der Waals surface area contributed by atoms with Gasteiger partial charge >= 0.3 is 0 Å². The van der Waals surface area contributed by atoms with Gasteiger partial charge in [0.2, 0.25) is 0 Å². The Morgan fingerprint density at radius 2 is 2.10 bits per heavy atom. The molecule has 0 aliphatic carbocycles. The Bertz CT molecular complexity index is 543. The quantitative estimate of drug-likeness (QED) is 0.729. The molecule has 0 saturated carbocycles. The van der Waals surface area contributed by atoms with E-state index in [1.165, 1.54) is 6.20 Å². The highest BCUT2D eigenvalue weighted by atomic mass is 32.2. The summed E-state index contributed by atoms with van der Waals surface area (Å²) in [5.74, 6) is 0.617. The molecule has 0 radical (unpaired) electrons. The number of nitrogens with one attached hydrogen (secondary N) is 1. The van der Waals surface area contributed by atoms with Crippen molar-refractivity contribution in [2.45, 2.75) is 31.2 Å². The normalized spacial score (nSPS) is 18.8. The SMILES string of the molecule is Cc1ncc(S(=O)(=O)N2CCCN(CCCCN)CC2)[nH]1. The molecule has 21 heavy (non-hydrogen) atoms. The van der Waals surface area contributed by atoms with E-state index >= 15 is 0 Å². The number of rotatable bonds is 6. The van der Waals surface area contributed by atoms with Gasteiger partial charge in [-0.05, 0) is 45.8 Å². The molecule has 2 heterocycles. The number of sulfonamides is 1. The predicted molar refractivity (Wildman–Crippen MR) is 81.4 cm³/mol. The summed E-state index contributed by atoms with van der Waals surface area (Å²) in [6.07, 6.45) is 4.35. The van der Waals surface area contributed by atoms with Gasteiger partial charge in [-0.25, -0.2) is 13.4 Å². The number of aromatic nitrogens is 2. The molecule has 1 fully saturated rings. The Balaban J connectivity index is 1.96. The lowest BCUT2D eigenvalue weighted by atomic mass is 10.3. The summed E-state index contributed by atoms with van der Waals surface area (Å²) < 4.78 is 26.6. The van der Waals surface area contributed by atoms with Crippen LogP contribution in [0, 0.1) is 6.92 Å². The highest BCUT2D eigenvalue weighted by molar-refractivity contribution is 7.89. The smallest absolute Gasteiger partial charge is 0.260 e. The topological polar surface area (TPSA) is 95.3 Å². The molecular weight excluding hydrogens is 290 g/mol. The zero-order valence-corrected chi connectivity index (χ0v) is 13.4. The van der Waals surface area contributed by atoms with Crippen molar-refractivity contribution in [1.82, 2.24) is 19.2 Å². The van der Waals surface area contributed by atoms with E-state index in [0.717, 1.165) is 38.9 Å². The van der Waals surface area contributed by atoms with Crippen molar-refractivity contribution in [1.29, 1.82) is 0 Å². The number of unbranched alkanes of at least 4 members (excludes halogenated alkanes) is 1. The molecule has 1 aromatic heterocycles. The van der Waals surface area contributed by atoms with Gasteiger partial charge in [-0.1, -0.05) is 0 Å². The number of aryl methyl sites for hydroxylation is 1. The number of hydrogen-bond donors (Lipinski definition) is 2. The molecule has 8 heteroatoms. The molecule has 1 aromatic rings. The minimum atomic E-state index is -3.44. The molecule has 120 valence electrons. The number of nitrogens with zero attached hydrogens (tertiary/aromatic N) is 3. The Kier molecular flexibility index (Phi) is 5.74. The summed E-state index contributed by atoms with van der Waals surface area (Å²) in [6, 6.07) is 0. The third-order valence-corrected chi connectivity index (χ3v) is 5.58. The van der Waals surface area contributed by atoms with Crippen molar-refractivity contribution in [3.05, 3.63) is 12.0 Å². The first-order valence-electron chi connectivity index (χ1n) is 7.48. The molecular formula is C13H25N5O2S. The van der Waals surface area contributed by atoms with E-state index in [0.29, 0.717) is 25.5 Å². The van der Waals surface area contributed by atoms with Crippen LogP contribution in [0.15, 0.2) is 11.2 Å². The van der Waals surface area contributed by atoms with E-state index in [-0.39, 0.29) is 5.03 Å². The number of aromatic amines is 1. The highest BCUT2D eigenvalue weighted by Gasteiger charge is 2.28. The van der Waals surface area contributed by atoms with E-state index in [9.17, 15) is 8.42 Å². The molecule has 0 aromatic carbocycles. The zero-order chi connectivity index (χ0) is 15.3. The fourth-order valence-corrected chi connectivity index (χ4v) is 3.99. The van der Waals surface area contributed by atoms with Gasteiger partial charge in [0.05, 0.1) is 6.20 Å². The average molecular weight is 315 g/mol. The molecule has 0 unspecified atom stereocenters. The van der Waals surface area contributed by atoms with Gasteiger partial charge in [-0.2, -0.15) is 4.31 Å². The second-order valence-corrected chi connectivity index (χ2v) is 7.33. The lowest BCUT2D eigenvalue weighted by molar-refractivity contribution is 0.281. The molecule has 0 bridgehead atoms. The third kappa shape index (κ3) is 4.26. The van der Waals surface area contributed by atoms with Gasteiger partial charge in [-0.3, -0.25) is 0 Å². The van der Waals surface area contributed by atoms with Gasteiger partial charge in [0.25, 0.3) is 10.0 Å². The van der Waals surface area contributed by atoms with Crippen molar-refractivity contribution in [3.8, 4) is 0 Å². The van der Waals surface area contributed by atoms with Crippen LogP contribution in [0.25, 0.3) is 0 Å². The van der Waals surface area contributed by atoms with Crippen molar-refractivity contribution in [3.63, 3.8) is 0 Å². The number of nitrogens with two attached hydrogens (primary N) is 1. The maximum absolute atomic E-state index is 12.5. The van der Waals surface area contributed by atoms with Crippen LogP contribution in [0.3, 0.4) is 0 Å². The molecule has 1 aliphatic heterocycles. The van der Waals surface area contributed by atoms with Crippen LogP contribution >= 0.6 is 0 Å². The van der Waals surface area contributed by atoms with Crippen molar-refractivity contribution >= 4 is 10.0 Å². The van der Waals surface area contributed by atoms with Gasteiger partial charge in [-0.15, -0.1) is 0 Å². The van der Waals surface area contributed by atoms with E-state index in [2.05, 4.69) is 14.9 Å². The predicted octanol–water partition coefficient (Wildman–Crippen LogP) is 0.153. The minimum Gasteiger partial charge on any atom is -0.332 e. The Morgan fingerprint density at radius 1 is 1.29 bits per heavy atom. The second kappa shape index (κ2) is 7.35. The van der Waals surface area contributed by atoms with E-state index in [1.54, 1.807) is 11.2 Å². The average Bonchev–Trinajstić information content (AvgIpc) is 2.75. The third-order valence-electron chi connectivity index (χ3n) is 3.77. The van der Waals surface area contributed by atoms with Gasteiger partial charge in [0.1, 0.15) is 5.82 Å². The van der Waals surface area contributed by atoms with Crippen LogP contribution in [0.1, 0.15) is 25.1 Å². The first-order valence-corrected chi connectivity index (χ1v) is 8.92. The molecule has 0 amide bonds. The summed E-state index contributed by atoms with van der Waals surface area (Å²) >= 11 is 0. The van der Waals surface area contributed by atoms with Crippen molar-refractivity contribution < 1.29 is 8.42 Å². The van der Waals surface area contributed by atoms with Crippen LogP contribution < -0.4 is 5.73 Å². The van der Waals surface area contributed by atoms with Crippen LogP contribution in [0.2, 0.25) is 0 Å². The Hall–Kier alpha value is -0.960. The molecule has 0 atom stereocenters. The maximum Gasteiger partial charge on any atom is 0.260 e. The van der Waals surface area contributed by atoms with E-state index in [1.807, 2.05) is 0 Å². The summed E-state index contributed by atoms with van der Waals surface area (Å²) in [6.45, 7) is 6.27. The number of imidazole rings is 1. The van der Waals surface area contributed by atoms with Gasteiger partial charge < -0.3 is 15.6 Å². The highest BCUT2D eigenvalue weighted by Crippen LogP contribution is 2.16. The number of H-pyrrole nitrogens is 1.